The molecule has 4 aliphatic carbocycles. The molecule has 220 valence electrons. The second-order valence-electron chi connectivity index (χ2n) is 14.2. The maximum atomic E-state index is 12.5. The van der Waals surface area contributed by atoms with Crippen LogP contribution in [0.15, 0.2) is 24.3 Å². The van der Waals surface area contributed by atoms with Gasteiger partial charge in [0.15, 0.2) is 46.8 Å². The lowest BCUT2D eigenvalue weighted by molar-refractivity contribution is -0.138. The number of ether oxygens (including phenoxy) is 2. The standard InChI is InChI=1S/2C17H19NO3/c2*1-18-7-6-17-10-3-5-13(20)16(17)21-15-12(19)4-2-9(14(15)17)8-11(10)18/h2*2,4,10-11,16,19H,3,5-8H2,1H3/t10-,11+,16?,17-;10-,11+,16-,17-/m00/s1. The first-order valence-corrected chi connectivity index (χ1v) is 15.8. The molecule has 4 bridgehead atoms. The molecule has 2 N–H and O–H groups in total. The van der Waals surface area contributed by atoms with E-state index in [1.807, 2.05) is 12.1 Å². The quantitative estimate of drug-likeness (QED) is 0.498. The monoisotopic (exact) mass is 570 g/mol. The molecule has 2 saturated heterocycles. The normalized spacial score (nSPS) is 39.9. The molecule has 2 aromatic carbocycles. The maximum Gasteiger partial charge on any atom is 0.174 e. The fourth-order valence-electron chi connectivity index (χ4n) is 11.0. The average molecular weight is 571 g/mol. The zero-order valence-electron chi connectivity index (χ0n) is 24.3. The molecular formula is C34H38N2O6. The lowest BCUT2D eigenvalue weighted by Gasteiger charge is -2.57. The van der Waals surface area contributed by atoms with Crippen molar-refractivity contribution in [2.75, 3.05) is 27.2 Å². The van der Waals surface area contributed by atoms with Crippen LogP contribution < -0.4 is 9.47 Å². The second kappa shape index (κ2) is 8.29. The van der Waals surface area contributed by atoms with Crippen LogP contribution in [0.1, 0.15) is 60.8 Å². The topological polar surface area (TPSA) is 99.5 Å². The zero-order chi connectivity index (χ0) is 28.7. The molecule has 1 unspecified atom stereocenters. The summed E-state index contributed by atoms with van der Waals surface area (Å²) in [5, 5.41) is 20.4. The van der Waals surface area contributed by atoms with Crippen molar-refractivity contribution in [3.05, 3.63) is 46.5 Å². The predicted molar refractivity (Wildman–Crippen MR) is 153 cm³/mol. The van der Waals surface area contributed by atoms with Crippen molar-refractivity contribution in [3.63, 3.8) is 0 Å². The van der Waals surface area contributed by atoms with Crippen molar-refractivity contribution in [3.8, 4) is 23.0 Å². The van der Waals surface area contributed by atoms with Gasteiger partial charge in [0.25, 0.3) is 0 Å². The smallest absolute Gasteiger partial charge is 0.174 e. The zero-order valence-corrected chi connectivity index (χ0v) is 24.3. The molecule has 2 saturated carbocycles. The fourth-order valence-corrected chi connectivity index (χ4v) is 11.0. The van der Waals surface area contributed by atoms with Gasteiger partial charge >= 0.3 is 0 Å². The number of carbonyl (C=O) groups is 2. The first-order chi connectivity index (χ1) is 20.3. The molecular weight excluding hydrogens is 532 g/mol. The molecule has 4 aliphatic heterocycles. The Morgan fingerprint density at radius 3 is 1.57 bits per heavy atom. The van der Waals surface area contributed by atoms with Gasteiger partial charge in [-0.15, -0.1) is 0 Å². The Labute approximate surface area is 245 Å². The average Bonchev–Trinajstić information content (AvgIpc) is 3.52. The van der Waals surface area contributed by atoms with E-state index in [0.29, 0.717) is 48.3 Å². The van der Waals surface area contributed by atoms with Gasteiger partial charge in [0.2, 0.25) is 0 Å². The number of piperidine rings is 2. The minimum Gasteiger partial charge on any atom is -0.504 e. The van der Waals surface area contributed by atoms with E-state index in [-0.39, 0.29) is 46.1 Å². The van der Waals surface area contributed by atoms with Crippen molar-refractivity contribution in [2.24, 2.45) is 11.8 Å². The van der Waals surface area contributed by atoms with Crippen molar-refractivity contribution < 1.29 is 29.3 Å². The molecule has 42 heavy (non-hydrogen) atoms. The molecule has 0 radical (unpaired) electrons. The van der Waals surface area contributed by atoms with Gasteiger partial charge in [0, 0.05) is 46.9 Å². The molecule has 8 atom stereocenters. The number of carbonyl (C=O) groups excluding carboxylic acids is 2. The van der Waals surface area contributed by atoms with Crippen LogP contribution in [0, 0.1) is 11.8 Å². The number of ketones is 2. The van der Waals surface area contributed by atoms with E-state index in [2.05, 4.69) is 23.9 Å². The Morgan fingerprint density at radius 2 is 1.14 bits per heavy atom. The van der Waals surface area contributed by atoms with E-state index in [1.54, 1.807) is 12.1 Å². The minimum absolute atomic E-state index is 0.172. The molecule has 4 fully saturated rings. The predicted octanol–water partition coefficient (Wildman–Crippen LogP) is 3.26. The highest BCUT2D eigenvalue weighted by molar-refractivity contribution is 5.90. The lowest BCUT2D eigenvalue weighted by atomic mass is 9.52. The molecule has 4 heterocycles. The van der Waals surface area contributed by atoms with Crippen molar-refractivity contribution in [1.29, 1.82) is 0 Å². The Bertz CT molecular complexity index is 1460. The Morgan fingerprint density at radius 1 is 0.714 bits per heavy atom. The van der Waals surface area contributed by atoms with Crippen LogP contribution in [0.4, 0.5) is 0 Å². The number of phenols is 2. The molecule has 0 aromatic heterocycles. The Balaban J connectivity index is 0.000000119. The van der Waals surface area contributed by atoms with Crippen LogP contribution >= 0.6 is 0 Å². The fraction of sp³-hybridized carbons (Fsp3) is 0.588. The van der Waals surface area contributed by atoms with E-state index in [1.165, 1.54) is 11.1 Å². The summed E-state index contributed by atoms with van der Waals surface area (Å²) in [5.41, 5.74) is 4.52. The van der Waals surface area contributed by atoms with Crippen molar-refractivity contribution >= 4 is 11.6 Å². The number of aromatic hydroxyl groups is 2. The third-order valence-corrected chi connectivity index (χ3v) is 12.8. The van der Waals surface area contributed by atoms with E-state index in [9.17, 15) is 19.8 Å². The second-order valence-corrected chi connectivity index (χ2v) is 14.2. The number of Topliss-reactive ketones (excluding diaryl/α,β-unsaturated/α-hetero) is 2. The molecule has 8 aliphatic rings. The van der Waals surface area contributed by atoms with Crippen LogP contribution in [0.5, 0.6) is 23.0 Å². The summed E-state index contributed by atoms with van der Waals surface area (Å²) in [6.07, 6.45) is 6.37. The summed E-state index contributed by atoms with van der Waals surface area (Å²) in [7, 11) is 4.40. The number of hydrogen-bond donors (Lipinski definition) is 2. The van der Waals surface area contributed by atoms with Gasteiger partial charge in [-0.05, 0) is 101 Å². The van der Waals surface area contributed by atoms with Crippen LogP contribution in [-0.4, -0.2) is 83.1 Å². The van der Waals surface area contributed by atoms with Gasteiger partial charge in [-0.25, -0.2) is 0 Å². The summed E-state index contributed by atoms with van der Waals surface area (Å²) in [6, 6.07) is 8.51. The first kappa shape index (κ1) is 25.4. The summed E-state index contributed by atoms with van der Waals surface area (Å²) in [5.74, 6) is 2.99. The number of likely N-dealkylation sites (N-methyl/N-ethyl adjacent to an activating group) is 2. The highest BCUT2D eigenvalue weighted by Crippen LogP contribution is 2.64. The van der Waals surface area contributed by atoms with E-state index in [4.69, 9.17) is 9.47 Å². The van der Waals surface area contributed by atoms with Gasteiger partial charge in [0.1, 0.15) is 0 Å². The summed E-state index contributed by atoms with van der Waals surface area (Å²) in [4.78, 5) is 29.9. The van der Waals surface area contributed by atoms with Crippen LogP contribution in [0.25, 0.3) is 0 Å². The molecule has 2 aromatic rings. The SMILES string of the molecule is CN1CC[C@]23c4c5ccc(O)c4OC2C(=O)CC[C@H]3[C@H]1C5.CN1CC[C@]23c4c5ccc(O)c4O[C@H]2C(=O)CC[C@H]3[C@H]1C5. The lowest BCUT2D eigenvalue weighted by Crippen LogP contribution is -2.65. The van der Waals surface area contributed by atoms with Gasteiger partial charge in [0.05, 0.1) is 0 Å². The number of likely N-dealkylation sites (tertiary alicyclic amines) is 2. The van der Waals surface area contributed by atoms with Crippen molar-refractivity contribution in [1.82, 2.24) is 9.80 Å². The highest BCUT2D eigenvalue weighted by atomic mass is 16.5. The molecule has 8 heteroatoms. The first-order valence-electron chi connectivity index (χ1n) is 15.8. The summed E-state index contributed by atoms with van der Waals surface area (Å²) < 4.78 is 12.1. The number of hydrogen-bond acceptors (Lipinski definition) is 8. The number of phenolic OH excluding ortho intramolecular Hbond substituents is 2. The summed E-state index contributed by atoms with van der Waals surface area (Å²) >= 11 is 0. The van der Waals surface area contributed by atoms with E-state index >= 15 is 0 Å². The number of benzene rings is 2. The molecule has 2 spiro atoms. The van der Waals surface area contributed by atoms with Crippen LogP contribution in [-0.2, 0) is 33.3 Å². The van der Waals surface area contributed by atoms with Gasteiger partial charge in [-0.2, -0.15) is 0 Å². The third kappa shape index (κ3) is 2.86. The van der Waals surface area contributed by atoms with Crippen LogP contribution in [0.2, 0.25) is 0 Å². The largest absolute Gasteiger partial charge is 0.504 e. The van der Waals surface area contributed by atoms with Gasteiger partial charge in [-0.3, -0.25) is 9.59 Å². The van der Waals surface area contributed by atoms with E-state index < -0.39 is 0 Å². The minimum atomic E-state index is -0.366. The van der Waals surface area contributed by atoms with Crippen molar-refractivity contribution in [2.45, 2.75) is 86.5 Å². The number of rotatable bonds is 0. The third-order valence-electron chi connectivity index (χ3n) is 12.8. The Kier molecular flexibility index (Phi) is 5.01. The molecule has 0 amide bonds. The maximum absolute atomic E-state index is 12.5. The van der Waals surface area contributed by atoms with Crippen LogP contribution in [0.3, 0.4) is 0 Å². The summed E-state index contributed by atoms with van der Waals surface area (Å²) in [6.45, 7) is 2.01. The highest BCUT2D eigenvalue weighted by Gasteiger charge is 2.67. The van der Waals surface area contributed by atoms with E-state index in [0.717, 1.165) is 62.7 Å². The number of nitrogens with zero attached hydrogens (tertiary/aromatic N) is 2. The molecule has 10 rings (SSSR count). The molecule has 8 nitrogen and oxygen atoms in total. The Hall–Kier alpha value is -3.10. The van der Waals surface area contributed by atoms with Gasteiger partial charge in [-0.1, -0.05) is 12.1 Å². The van der Waals surface area contributed by atoms with Gasteiger partial charge < -0.3 is 29.5 Å².